The third kappa shape index (κ3) is 3.82. The third-order valence-electron chi connectivity index (χ3n) is 3.49. The number of anilines is 1. The summed E-state index contributed by atoms with van der Waals surface area (Å²) in [5.41, 5.74) is -3.55. The Kier molecular flexibility index (Phi) is 4.43. The van der Waals surface area contributed by atoms with E-state index in [0.717, 1.165) is 21.4 Å². The third-order valence-corrected chi connectivity index (χ3v) is 4.61. The van der Waals surface area contributed by atoms with Crippen molar-refractivity contribution in [2.45, 2.75) is 12.4 Å². The molecule has 0 unspecified atom stereocenters. The molecule has 0 bridgehead atoms. The van der Waals surface area contributed by atoms with E-state index in [4.69, 9.17) is 0 Å². The first kappa shape index (κ1) is 18.2. The van der Waals surface area contributed by atoms with E-state index in [1.165, 1.54) is 6.07 Å². The Morgan fingerprint density at radius 1 is 0.846 bits per heavy atom. The number of carbonyl (C=O) groups is 1. The molecule has 0 spiro atoms. The highest BCUT2D eigenvalue weighted by Crippen LogP contribution is 2.37. The Labute approximate surface area is 147 Å². The molecular weight excluding hydrogens is 380 g/mol. The van der Waals surface area contributed by atoms with Gasteiger partial charge in [-0.1, -0.05) is 18.2 Å². The van der Waals surface area contributed by atoms with Gasteiger partial charge < -0.3 is 5.32 Å². The molecule has 136 valence electrons. The lowest BCUT2D eigenvalue weighted by Gasteiger charge is -2.14. The van der Waals surface area contributed by atoms with Crippen LogP contribution in [0.15, 0.2) is 48.5 Å². The number of carbonyl (C=O) groups excluding carboxylic acids is 1. The lowest BCUT2D eigenvalue weighted by atomic mass is 10.1. The van der Waals surface area contributed by atoms with E-state index in [9.17, 15) is 31.1 Å². The minimum Gasteiger partial charge on any atom is -0.321 e. The maximum absolute atomic E-state index is 12.9. The molecule has 3 aromatic rings. The van der Waals surface area contributed by atoms with Gasteiger partial charge in [0.05, 0.1) is 16.0 Å². The zero-order chi connectivity index (χ0) is 19.1. The highest BCUT2D eigenvalue weighted by Gasteiger charge is 2.37. The van der Waals surface area contributed by atoms with Gasteiger partial charge in [-0.05, 0) is 35.7 Å². The number of alkyl halides is 6. The molecule has 0 aliphatic carbocycles. The number of hydrogen-bond donors (Lipinski definition) is 1. The van der Waals surface area contributed by atoms with E-state index in [1.807, 2.05) is 0 Å². The summed E-state index contributed by atoms with van der Waals surface area (Å²) in [7, 11) is 0. The van der Waals surface area contributed by atoms with Crippen LogP contribution in [0.2, 0.25) is 0 Å². The van der Waals surface area contributed by atoms with Crippen molar-refractivity contribution in [2.75, 3.05) is 5.32 Å². The first-order valence-corrected chi connectivity index (χ1v) is 7.95. The van der Waals surface area contributed by atoms with E-state index >= 15 is 0 Å². The minimum absolute atomic E-state index is 0.00902. The average molecular weight is 389 g/mol. The molecule has 0 saturated heterocycles. The average Bonchev–Trinajstić information content (AvgIpc) is 2.97. The summed E-state index contributed by atoms with van der Waals surface area (Å²) in [5, 5.41) is 2.87. The number of hydrogen-bond acceptors (Lipinski definition) is 2. The number of nitrogens with one attached hydrogen (secondary N) is 1. The van der Waals surface area contributed by atoms with E-state index in [1.54, 1.807) is 24.3 Å². The van der Waals surface area contributed by atoms with Gasteiger partial charge in [-0.25, -0.2) is 0 Å². The van der Waals surface area contributed by atoms with Crippen LogP contribution in [0.4, 0.5) is 32.0 Å². The van der Waals surface area contributed by atoms with Gasteiger partial charge in [0.15, 0.2) is 0 Å². The van der Waals surface area contributed by atoms with E-state index < -0.39 is 35.1 Å². The molecule has 0 saturated carbocycles. The molecule has 26 heavy (non-hydrogen) atoms. The van der Waals surface area contributed by atoms with Crippen molar-refractivity contribution in [3.8, 4) is 0 Å². The second-order valence-electron chi connectivity index (χ2n) is 5.40. The molecule has 1 aromatic heterocycles. The number of halogens is 6. The smallest absolute Gasteiger partial charge is 0.321 e. The molecule has 3 rings (SSSR count). The largest absolute Gasteiger partial charge is 0.416 e. The standard InChI is InChI=1S/C17H9F6NOS/c18-16(19,20)10-6-11(17(21,22)23)8-12(7-10)24-15(25)14-5-9-3-1-2-4-13(9)26-14/h1-8H,(H,24,25). The molecule has 0 aliphatic rings. The topological polar surface area (TPSA) is 29.1 Å². The van der Waals surface area contributed by atoms with Crippen molar-refractivity contribution in [3.63, 3.8) is 0 Å². The summed E-state index contributed by atoms with van der Waals surface area (Å²) in [5.74, 6) is -0.779. The van der Waals surface area contributed by atoms with Gasteiger partial charge in [-0.15, -0.1) is 11.3 Å². The van der Waals surface area contributed by atoms with Crippen molar-refractivity contribution in [1.82, 2.24) is 0 Å². The van der Waals surface area contributed by atoms with Crippen LogP contribution in [0.3, 0.4) is 0 Å². The van der Waals surface area contributed by atoms with Gasteiger partial charge in [0.1, 0.15) is 0 Å². The summed E-state index contributed by atoms with van der Waals surface area (Å²) in [6, 6.07) is 9.48. The number of benzene rings is 2. The Bertz CT molecular complexity index is 908. The highest BCUT2D eigenvalue weighted by atomic mass is 32.1. The Morgan fingerprint density at radius 3 is 1.96 bits per heavy atom. The van der Waals surface area contributed by atoms with Crippen LogP contribution in [-0.4, -0.2) is 5.91 Å². The highest BCUT2D eigenvalue weighted by molar-refractivity contribution is 7.20. The van der Waals surface area contributed by atoms with Crippen LogP contribution in [0.5, 0.6) is 0 Å². The van der Waals surface area contributed by atoms with Gasteiger partial charge in [0, 0.05) is 10.4 Å². The summed E-state index contributed by atoms with van der Waals surface area (Å²) < 4.78 is 77.9. The minimum atomic E-state index is -4.97. The van der Waals surface area contributed by atoms with Crippen LogP contribution >= 0.6 is 11.3 Å². The molecule has 2 aromatic carbocycles. The number of amides is 1. The van der Waals surface area contributed by atoms with E-state index in [0.29, 0.717) is 12.1 Å². The fourth-order valence-corrected chi connectivity index (χ4v) is 3.27. The maximum Gasteiger partial charge on any atom is 0.416 e. The van der Waals surface area contributed by atoms with Crippen molar-refractivity contribution in [1.29, 1.82) is 0 Å². The quantitative estimate of drug-likeness (QED) is 0.520. The molecule has 9 heteroatoms. The summed E-state index contributed by atoms with van der Waals surface area (Å²) in [4.78, 5) is 12.4. The van der Waals surface area contributed by atoms with Crippen molar-refractivity contribution in [2.24, 2.45) is 0 Å². The van der Waals surface area contributed by atoms with Gasteiger partial charge in [-0.2, -0.15) is 26.3 Å². The molecule has 1 amide bonds. The predicted molar refractivity (Wildman–Crippen MR) is 86.2 cm³/mol. The Morgan fingerprint density at radius 2 is 1.42 bits per heavy atom. The fraction of sp³-hybridized carbons (Fsp3) is 0.118. The van der Waals surface area contributed by atoms with Gasteiger partial charge >= 0.3 is 12.4 Å². The Balaban J connectivity index is 1.96. The molecule has 1 heterocycles. The fourth-order valence-electron chi connectivity index (χ4n) is 2.31. The zero-order valence-electron chi connectivity index (χ0n) is 12.7. The molecule has 0 fully saturated rings. The molecule has 0 aliphatic heterocycles. The normalized spacial score (nSPS) is 12.4. The summed E-state index contributed by atoms with van der Waals surface area (Å²) in [6.45, 7) is 0. The van der Waals surface area contributed by atoms with Crippen LogP contribution in [0.25, 0.3) is 10.1 Å². The lowest BCUT2D eigenvalue weighted by molar-refractivity contribution is -0.143. The van der Waals surface area contributed by atoms with Crippen LogP contribution in [0, 0.1) is 0 Å². The van der Waals surface area contributed by atoms with Crippen LogP contribution in [-0.2, 0) is 12.4 Å². The Hall–Kier alpha value is -2.55. The lowest BCUT2D eigenvalue weighted by Crippen LogP contribution is -2.15. The van der Waals surface area contributed by atoms with Gasteiger partial charge in [-0.3, -0.25) is 4.79 Å². The molecular formula is C17H9F6NOS. The maximum atomic E-state index is 12.9. The summed E-state index contributed by atoms with van der Waals surface area (Å²) in [6.07, 6.45) is -9.95. The molecule has 0 atom stereocenters. The van der Waals surface area contributed by atoms with Crippen LogP contribution in [0.1, 0.15) is 20.8 Å². The van der Waals surface area contributed by atoms with Gasteiger partial charge in [0.25, 0.3) is 5.91 Å². The first-order valence-electron chi connectivity index (χ1n) is 7.13. The predicted octanol–water partition coefficient (Wildman–Crippen LogP) is 6.19. The number of fused-ring (bicyclic) bond motifs is 1. The zero-order valence-corrected chi connectivity index (χ0v) is 13.5. The van der Waals surface area contributed by atoms with Crippen molar-refractivity contribution >= 4 is 33.0 Å². The van der Waals surface area contributed by atoms with Crippen molar-refractivity contribution < 1.29 is 31.1 Å². The SMILES string of the molecule is O=C(Nc1cc(C(F)(F)F)cc(C(F)(F)F)c1)c1cc2ccccc2s1. The monoisotopic (exact) mass is 389 g/mol. The number of thiophene rings is 1. The van der Waals surface area contributed by atoms with Crippen LogP contribution < -0.4 is 5.32 Å². The van der Waals surface area contributed by atoms with E-state index in [2.05, 4.69) is 5.32 Å². The molecule has 0 radical (unpaired) electrons. The van der Waals surface area contributed by atoms with Gasteiger partial charge in [0.2, 0.25) is 0 Å². The van der Waals surface area contributed by atoms with Crippen molar-refractivity contribution in [3.05, 3.63) is 64.5 Å². The van der Waals surface area contributed by atoms with E-state index in [-0.39, 0.29) is 10.9 Å². The second-order valence-corrected chi connectivity index (χ2v) is 6.48. The summed E-state index contributed by atoms with van der Waals surface area (Å²) >= 11 is 1.09. The number of rotatable bonds is 2. The first-order chi connectivity index (χ1) is 12.0. The second kappa shape index (κ2) is 6.31. The molecule has 2 nitrogen and oxygen atoms in total. The molecule has 1 N–H and O–H groups in total.